The molecule has 0 aliphatic heterocycles. The van der Waals surface area contributed by atoms with Gasteiger partial charge >= 0.3 is 5.97 Å². The third-order valence-electron chi connectivity index (χ3n) is 4.68. The fourth-order valence-corrected chi connectivity index (χ4v) is 3.06. The van der Waals surface area contributed by atoms with Crippen LogP contribution in [-0.2, 0) is 14.3 Å². The molecule has 31 heavy (non-hydrogen) atoms. The van der Waals surface area contributed by atoms with Crippen LogP contribution in [-0.4, -0.2) is 25.1 Å². The molecule has 0 saturated carbocycles. The van der Waals surface area contributed by atoms with E-state index in [9.17, 15) is 9.59 Å². The van der Waals surface area contributed by atoms with Crippen molar-refractivity contribution < 1.29 is 19.1 Å². The zero-order valence-electron chi connectivity index (χ0n) is 17.8. The van der Waals surface area contributed by atoms with Gasteiger partial charge in [-0.3, -0.25) is 4.79 Å². The van der Waals surface area contributed by atoms with E-state index >= 15 is 0 Å². The molecule has 158 valence electrons. The number of methoxy groups -OCH3 is 1. The van der Waals surface area contributed by atoms with E-state index in [1.54, 1.807) is 26.2 Å². The van der Waals surface area contributed by atoms with Crippen LogP contribution in [0.4, 0.5) is 5.69 Å². The zero-order chi connectivity index (χ0) is 22.2. The van der Waals surface area contributed by atoms with Crippen LogP contribution in [0.3, 0.4) is 0 Å². The Kier molecular flexibility index (Phi) is 7.22. The summed E-state index contributed by atoms with van der Waals surface area (Å²) in [5.74, 6) is -0.360. The number of esters is 1. The number of para-hydroxylation sites is 1. The average molecular weight is 415 g/mol. The predicted molar refractivity (Wildman–Crippen MR) is 123 cm³/mol. The number of benzene rings is 3. The normalized spacial score (nSPS) is 12.0. The molecule has 0 unspecified atom stereocenters. The highest BCUT2D eigenvalue weighted by atomic mass is 16.5. The summed E-state index contributed by atoms with van der Waals surface area (Å²) in [7, 11) is 1.57. The SMILES string of the molecule is COc1ccccc1/C=C(/C(=O)O[C@@H](C)C(=O)Nc1cccc(C)c1)c1ccccc1. The highest BCUT2D eigenvalue weighted by Crippen LogP contribution is 2.26. The van der Waals surface area contributed by atoms with Gasteiger partial charge in [0, 0.05) is 11.3 Å². The first-order chi connectivity index (χ1) is 15.0. The van der Waals surface area contributed by atoms with Crippen molar-refractivity contribution in [1.82, 2.24) is 0 Å². The molecule has 1 amide bonds. The molecule has 0 fully saturated rings. The van der Waals surface area contributed by atoms with E-state index in [2.05, 4.69) is 5.32 Å². The number of ether oxygens (including phenoxy) is 2. The third-order valence-corrected chi connectivity index (χ3v) is 4.68. The predicted octanol–water partition coefficient (Wildman–Crippen LogP) is 5.11. The highest BCUT2D eigenvalue weighted by Gasteiger charge is 2.22. The van der Waals surface area contributed by atoms with Gasteiger partial charge < -0.3 is 14.8 Å². The smallest absolute Gasteiger partial charge is 0.339 e. The monoisotopic (exact) mass is 415 g/mol. The number of amides is 1. The molecule has 0 radical (unpaired) electrons. The van der Waals surface area contributed by atoms with Gasteiger partial charge in [0.15, 0.2) is 6.10 Å². The van der Waals surface area contributed by atoms with Gasteiger partial charge in [-0.05, 0) is 49.2 Å². The minimum atomic E-state index is -0.974. The second-order valence-electron chi connectivity index (χ2n) is 7.07. The van der Waals surface area contributed by atoms with Crippen molar-refractivity contribution in [2.24, 2.45) is 0 Å². The van der Waals surface area contributed by atoms with Crippen LogP contribution in [0.2, 0.25) is 0 Å². The Bertz CT molecular complexity index is 1090. The highest BCUT2D eigenvalue weighted by molar-refractivity contribution is 6.22. The average Bonchev–Trinajstić information content (AvgIpc) is 2.78. The quantitative estimate of drug-likeness (QED) is 0.331. The lowest BCUT2D eigenvalue weighted by molar-refractivity contribution is -0.147. The van der Waals surface area contributed by atoms with Gasteiger partial charge in [-0.1, -0.05) is 60.7 Å². The molecule has 3 aromatic carbocycles. The van der Waals surface area contributed by atoms with E-state index in [0.29, 0.717) is 22.6 Å². The summed E-state index contributed by atoms with van der Waals surface area (Å²) in [6.07, 6.45) is 0.736. The molecule has 0 aromatic heterocycles. The van der Waals surface area contributed by atoms with E-state index in [-0.39, 0.29) is 0 Å². The molecular formula is C26H25NO4. The second kappa shape index (κ2) is 10.3. The minimum Gasteiger partial charge on any atom is -0.496 e. The van der Waals surface area contributed by atoms with Crippen molar-refractivity contribution in [3.05, 3.63) is 95.6 Å². The lowest BCUT2D eigenvalue weighted by atomic mass is 10.0. The van der Waals surface area contributed by atoms with Crippen LogP contribution >= 0.6 is 0 Å². The first kappa shape index (κ1) is 21.8. The molecule has 3 rings (SSSR count). The minimum absolute atomic E-state index is 0.334. The van der Waals surface area contributed by atoms with Crippen molar-refractivity contribution in [3.8, 4) is 5.75 Å². The molecule has 0 heterocycles. The molecule has 5 nitrogen and oxygen atoms in total. The van der Waals surface area contributed by atoms with Crippen LogP contribution in [0.1, 0.15) is 23.6 Å². The standard InChI is InChI=1S/C26H25NO4/c1-18-10-9-14-22(16-18)27-25(28)19(2)31-26(29)23(20-11-5-4-6-12-20)17-21-13-7-8-15-24(21)30-3/h4-17,19H,1-3H3,(H,27,28)/b23-17+/t19-/m0/s1. The molecule has 1 N–H and O–H groups in total. The van der Waals surface area contributed by atoms with E-state index in [1.807, 2.05) is 79.7 Å². The summed E-state index contributed by atoms with van der Waals surface area (Å²) in [4.78, 5) is 25.6. The molecule has 0 aliphatic rings. The lowest BCUT2D eigenvalue weighted by Gasteiger charge is -2.16. The Hall–Kier alpha value is -3.86. The number of carbonyl (C=O) groups is 2. The van der Waals surface area contributed by atoms with Crippen LogP contribution in [0.5, 0.6) is 5.75 Å². The number of nitrogens with one attached hydrogen (secondary N) is 1. The maximum atomic E-state index is 13.1. The first-order valence-electron chi connectivity index (χ1n) is 9.96. The van der Waals surface area contributed by atoms with Crippen LogP contribution in [0.25, 0.3) is 11.6 Å². The summed E-state index contributed by atoms with van der Waals surface area (Å²) in [6.45, 7) is 3.49. The topological polar surface area (TPSA) is 64.6 Å². The number of hydrogen-bond acceptors (Lipinski definition) is 4. The molecule has 5 heteroatoms. The number of rotatable bonds is 7. The third kappa shape index (κ3) is 5.82. The molecule has 0 bridgehead atoms. The summed E-state index contributed by atoms with van der Waals surface area (Å²) in [5.41, 5.74) is 3.43. The Morgan fingerprint density at radius 2 is 1.65 bits per heavy atom. The van der Waals surface area contributed by atoms with Crippen LogP contribution in [0, 0.1) is 6.92 Å². The van der Waals surface area contributed by atoms with Gasteiger partial charge in [0.25, 0.3) is 5.91 Å². The number of anilines is 1. The van der Waals surface area contributed by atoms with Crippen molar-refractivity contribution >= 4 is 29.2 Å². The van der Waals surface area contributed by atoms with Crippen molar-refractivity contribution in [1.29, 1.82) is 0 Å². The number of hydrogen-bond donors (Lipinski definition) is 1. The van der Waals surface area contributed by atoms with E-state index in [0.717, 1.165) is 11.1 Å². The van der Waals surface area contributed by atoms with Crippen molar-refractivity contribution in [3.63, 3.8) is 0 Å². The Labute approximate surface area is 182 Å². The first-order valence-corrected chi connectivity index (χ1v) is 9.96. The summed E-state index contributed by atoms with van der Waals surface area (Å²) < 4.78 is 10.9. The fourth-order valence-electron chi connectivity index (χ4n) is 3.06. The lowest BCUT2D eigenvalue weighted by Crippen LogP contribution is -2.30. The van der Waals surface area contributed by atoms with Gasteiger partial charge in [-0.15, -0.1) is 0 Å². The molecular weight excluding hydrogens is 390 g/mol. The van der Waals surface area contributed by atoms with Crippen molar-refractivity contribution in [2.45, 2.75) is 20.0 Å². The van der Waals surface area contributed by atoms with Gasteiger partial charge in [0.05, 0.1) is 12.7 Å². The number of aryl methyl sites for hydroxylation is 1. The Morgan fingerprint density at radius 1 is 0.935 bits per heavy atom. The van der Waals surface area contributed by atoms with E-state index in [1.165, 1.54) is 0 Å². The maximum absolute atomic E-state index is 13.1. The van der Waals surface area contributed by atoms with Gasteiger partial charge in [-0.25, -0.2) is 4.79 Å². The summed E-state index contributed by atoms with van der Waals surface area (Å²) >= 11 is 0. The van der Waals surface area contributed by atoms with E-state index < -0.39 is 18.0 Å². The van der Waals surface area contributed by atoms with Gasteiger partial charge in [0.1, 0.15) is 5.75 Å². The molecule has 0 spiro atoms. The van der Waals surface area contributed by atoms with Crippen LogP contribution in [0.15, 0.2) is 78.9 Å². The second-order valence-corrected chi connectivity index (χ2v) is 7.07. The fraction of sp³-hybridized carbons (Fsp3) is 0.154. The Morgan fingerprint density at radius 3 is 2.35 bits per heavy atom. The largest absolute Gasteiger partial charge is 0.496 e. The van der Waals surface area contributed by atoms with Gasteiger partial charge in [0.2, 0.25) is 0 Å². The summed E-state index contributed by atoms with van der Waals surface area (Å²) in [6, 6.07) is 24.0. The molecule has 0 aliphatic carbocycles. The van der Waals surface area contributed by atoms with Crippen molar-refractivity contribution in [2.75, 3.05) is 12.4 Å². The molecule has 1 atom stereocenters. The number of carbonyl (C=O) groups excluding carboxylic acids is 2. The summed E-state index contributed by atoms with van der Waals surface area (Å²) in [5, 5.41) is 2.78. The van der Waals surface area contributed by atoms with Crippen LogP contribution < -0.4 is 10.1 Å². The maximum Gasteiger partial charge on any atom is 0.339 e. The molecule has 3 aromatic rings. The zero-order valence-corrected chi connectivity index (χ0v) is 17.8. The Balaban J connectivity index is 1.83. The molecule has 0 saturated heterocycles. The van der Waals surface area contributed by atoms with Gasteiger partial charge in [-0.2, -0.15) is 0 Å². The van der Waals surface area contributed by atoms with E-state index in [4.69, 9.17) is 9.47 Å².